The number of hydrogen-bond donors (Lipinski definition) is 3. The van der Waals surface area contributed by atoms with Gasteiger partial charge in [0.05, 0.1) is 31.5 Å². The van der Waals surface area contributed by atoms with E-state index in [0.29, 0.717) is 28.5 Å². The number of carbonyl (C=O) groups is 2. The Morgan fingerprint density at radius 2 is 1.83 bits per heavy atom. The largest absolute Gasteiger partial charge is 0.497 e. The summed E-state index contributed by atoms with van der Waals surface area (Å²) in [6.07, 6.45) is 0. The second kappa shape index (κ2) is 8.26. The van der Waals surface area contributed by atoms with Gasteiger partial charge in [-0.05, 0) is 49.6 Å². The van der Waals surface area contributed by atoms with E-state index in [9.17, 15) is 9.59 Å². The van der Waals surface area contributed by atoms with Crippen LogP contribution in [0.4, 0.5) is 10.5 Å². The summed E-state index contributed by atoms with van der Waals surface area (Å²) in [6.45, 7) is 5.70. The fraction of sp³-hybridized carbons (Fsp3) is 0.273. The van der Waals surface area contributed by atoms with E-state index in [2.05, 4.69) is 16.0 Å². The molecule has 0 aromatic heterocycles. The van der Waals surface area contributed by atoms with Crippen molar-refractivity contribution in [2.75, 3.05) is 19.5 Å². The van der Waals surface area contributed by atoms with Crippen LogP contribution in [0.15, 0.2) is 47.7 Å². The van der Waals surface area contributed by atoms with E-state index < -0.39 is 6.04 Å². The average molecular weight is 395 g/mol. The lowest BCUT2D eigenvalue weighted by Crippen LogP contribution is -2.46. The third kappa shape index (κ3) is 4.03. The summed E-state index contributed by atoms with van der Waals surface area (Å²) in [5.41, 5.74) is 4.40. The normalized spacial score (nSPS) is 16.0. The van der Waals surface area contributed by atoms with Gasteiger partial charge in [0.2, 0.25) is 0 Å². The number of amides is 3. The van der Waals surface area contributed by atoms with E-state index in [0.717, 1.165) is 16.7 Å². The SMILES string of the molecule is COc1ccc(OC)c(NC(=O)C2=C(C)NC(=O)NC2c2cccc(C)c2C)c1. The summed E-state index contributed by atoms with van der Waals surface area (Å²) in [5.74, 6) is 0.758. The van der Waals surface area contributed by atoms with Gasteiger partial charge < -0.3 is 25.4 Å². The van der Waals surface area contributed by atoms with Gasteiger partial charge in [0, 0.05) is 11.8 Å². The Hall–Kier alpha value is -3.48. The predicted molar refractivity (Wildman–Crippen MR) is 111 cm³/mol. The van der Waals surface area contributed by atoms with Crippen LogP contribution in [0.2, 0.25) is 0 Å². The minimum Gasteiger partial charge on any atom is -0.497 e. The van der Waals surface area contributed by atoms with Crippen molar-refractivity contribution in [1.29, 1.82) is 0 Å². The minimum atomic E-state index is -0.569. The fourth-order valence-corrected chi connectivity index (χ4v) is 3.42. The molecule has 0 bridgehead atoms. The highest BCUT2D eigenvalue weighted by Gasteiger charge is 2.32. The second-order valence-electron chi connectivity index (χ2n) is 6.88. The highest BCUT2D eigenvalue weighted by atomic mass is 16.5. The van der Waals surface area contributed by atoms with E-state index >= 15 is 0 Å². The summed E-state index contributed by atoms with van der Waals surface area (Å²) in [7, 11) is 3.08. The van der Waals surface area contributed by atoms with E-state index in [1.54, 1.807) is 32.2 Å². The molecule has 0 radical (unpaired) electrons. The van der Waals surface area contributed by atoms with Gasteiger partial charge in [-0.25, -0.2) is 4.79 Å². The summed E-state index contributed by atoms with van der Waals surface area (Å²) in [4.78, 5) is 25.4. The second-order valence-corrected chi connectivity index (χ2v) is 6.88. The minimum absolute atomic E-state index is 0.340. The molecule has 1 atom stereocenters. The van der Waals surface area contributed by atoms with Crippen molar-refractivity contribution in [3.05, 3.63) is 64.4 Å². The van der Waals surface area contributed by atoms with Gasteiger partial charge in [-0.15, -0.1) is 0 Å². The van der Waals surface area contributed by atoms with Crippen LogP contribution in [0.3, 0.4) is 0 Å². The maximum atomic E-state index is 13.3. The Morgan fingerprint density at radius 1 is 1.07 bits per heavy atom. The van der Waals surface area contributed by atoms with Crippen molar-refractivity contribution in [3.8, 4) is 11.5 Å². The van der Waals surface area contributed by atoms with Crippen molar-refractivity contribution in [3.63, 3.8) is 0 Å². The van der Waals surface area contributed by atoms with Crippen LogP contribution in [-0.2, 0) is 4.79 Å². The molecule has 7 heteroatoms. The summed E-state index contributed by atoms with van der Waals surface area (Å²) in [6, 6.07) is 10.1. The van der Waals surface area contributed by atoms with Crippen LogP contribution in [0.5, 0.6) is 11.5 Å². The molecule has 1 aliphatic heterocycles. The number of aryl methyl sites for hydroxylation is 1. The predicted octanol–water partition coefficient (Wildman–Crippen LogP) is 3.59. The molecule has 0 saturated heterocycles. The molecule has 0 saturated carbocycles. The Morgan fingerprint density at radius 3 is 2.52 bits per heavy atom. The van der Waals surface area contributed by atoms with Crippen LogP contribution in [0, 0.1) is 13.8 Å². The lowest BCUT2D eigenvalue weighted by atomic mass is 9.90. The molecule has 1 aliphatic rings. The molecule has 7 nitrogen and oxygen atoms in total. The Bertz CT molecular complexity index is 998. The first-order chi connectivity index (χ1) is 13.8. The molecule has 2 aromatic carbocycles. The topological polar surface area (TPSA) is 88.7 Å². The Balaban J connectivity index is 2.02. The molecule has 3 rings (SSSR count). The Labute approximate surface area is 170 Å². The number of urea groups is 1. The van der Waals surface area contributed by atoms with Gasteiger partial charge >= 0.3 is 6.03 Å². The van der Waals surface area contributed by atoms with Crippen LogP contribution >= 0.6 is 0 Å². The first-order valence-electron chi connectivity index (χ1n) is 9.23. The number of carbonyl (C=O) groups excluding carboxylic acids is 2. The lowest BCUT2D eigenvalue weighted by molar-refractivity contribution is -0.113. The molecular weight excluding hydrogens is 370 g/mol. The van der Waals surface area contributed by atoms with E-state index in [1.165, 1.54) is 7.11 Å². The molecule has 152 valence electrons. The van der Waals surface area contributed by atoms with Crippen molar-refractivity contribution in [2.24, 2.45) is 0 Å². The van der Waals surface area contributed by atoms with Gasteiger partial charge in [-0.1, -0.05) is 18.2 Å². The number of methoxy groups -OCH3 is 2. The van der Waals surface area contributed by atoms with Crippen molar-refractivity contribution < 1.29 is 19.1 Å². The summed E-state index contributed by atoms with van der Waals surface area (Å²) in [5, 5.41) is 8.46. The van der Waals surface area contributed by atoms with Crippen molar-refractivity contribution >= 4 is 17.6 Å². The summed E-state index contributed by atoms with van der Waals surface area (Å²) >= 11 is 0. The van der Waals surface area contributed by atoms with E-state index in [1.807, 2.05) is 32.0 Å². The molecule has 0 spiro atoms. The highest BCUT2D eigenvalue weighted by molar-refractivity contribution is 6.07. The molecule has 1 unspecified atom stereocenters. The standard InChI is InChI=1S/C22H25N3O4/c1-12-7-6-8-16(13(12)2)20-19(14(3)23-22(27)25-20)21(26)24-17-11-15(28-4)9-10-18(17)29-5/h6-11,20H,1-5H3,(H,24,26)(H2,23,25,27). The van der Waals surface area contributed by atoms with Crippen LogP contribution in [0.25, 0.3) is 0 Å². The zero-order chi connectivity index (χ0) is 21.1. The lowest BCUT2D eigenvalue weighted by Gasteiger charge is -2.30. The van der Waals surface area contributed by atoms with Crippen molar-refractivity contribution in [2.45, 2.75) is 26.8 Å². The molecule has 0 aliphatic carbocycles. The summed E-state index contributed by atoms with van der Waals surface area (Å²) < 4.78 is 10.6. The molecule has 3 N–H and O–H groups in total. The Kier molecular flexibility index (Phi) is 5.77. The van der Waals surface area contributed by atoms with Crippen LogP contribution in [0.1, 0.15) is 29.7 Å². The zero-order valence-corrected chi connectivity index (χ0v) is 17.2. The first kappa shape index (κ1) is 20.3. The van der Waals surface area contributed by atoms with Gasteiger partial charge in [0.15, 0.2) is 0 Å². The number of rotatable bonds is 5. The van der Waals surface area contributed by atoms with E-state index in [4.69, 9.17) is 9.47 Å². The van der Waals surface area contributed by atoms with Gasteiger partial charge in [-0.2, -0.15) is 0 Å². The number of ether oxygens (including phenoxy) is 2. The fourth-order valence-electron chi connectivity index (χ4n) is 3.42. The maximum Gasteiger partial charge on any atom is 0.319 e. The average Bonchev–Trinajstić information content (AvgIpc) is 2.69. The molecule has 2 aromatic rings. The molecular formula is C22H25N3O4. The number of nitrogens with one attached hydrogen (secondary N) is 3. The highest BCUT2D eigenvalue weighted by Crippen LogP contribution is 2.33. The molecule has 3 amide bonds. The zero-order valence-electron chi connectivity index (χ0n) is 17.2. The number of anilines is 1. The first-order valence-corrected chi connectivity index (χ1v) is 9.23. The quantitative estimate of drug-likeness (QED) is 0.722. The molecule has 0 fully saturated rings. The van der Waals surface area contributed by atoms with Gasteiger partial charge in [0.1, 0.15) is 11.5 Å². The van der Waals surface area contributed by atoms with Crippen LogP contribution < -0.4 is 25.4 Å². The maximum absolute atomic E-state index is 13.3. The number of allylic oxidation sites excluding steroid dienone is 1. The third-order valence-electron chi connectivity index (χ3n) is 5.13. The third-order valence-corrected chi connectivity index (χ3v) is 5.13. The van der Waals surface area contributed by atoms with Gasteiger partial charge in [-0.3, -0.25) is 4.79 Å². The smallest absolute Gasteiger partial charge is 0.319 e. The van der Waals surface area contributed by atoms with Crippen LogP contribution in [-0.4, -0.2) is 26.2 Å². The monoisotopic (exact) mass is 395 g/mol. The van der Waals surface area contributed by atoms with E-state index in [-0.39, 0.29) is 11.9 Å². The van der Waals surface area contributed by atoms with Gasteiger partial charge in [0.25, 0.3) is 5.91 Å². The number of benzene rings is 2. The molecule has 1 heterocycles. The molecule has 29 heavy (non-hydrogen) atoms. The number of hydrogen-bond acceptors (Lipinski definition) is 4. The van der Waals surface area contributed by atoms with Crippen molar-refractivity contribution in [1.82, 2.24) is 10.6 Å².